The van der Waals surface area contributed by atoms with Gasteiger partial charge in [-0.1, -0.05) is 24.3 Å². The Morgan fingerprint density at radius 1 is 0.938 bits per heavy atom. The number of hydrogen-bond donors (Lipinski definition) is 0. The molecule has 0 N–H and O–H groups in total. The first-order chi connectivity index (χ1) is 7.81. The molecule has 0 aliphatic rings. The predicted molar refractivity (Wildman–Crippen MR) is 65.4 cm³/mol. The van der Waals surface area contributed by atoms with Gasteiger partial charge in [0.25, 0.3) is 0 Å². The second kappa shape index (κ2) is 4.77. The van der Waals surface area contributed by atoms with Gasteiger partial charge in [0.15, 0.2) is 4.98 Å². The van der Waals surface area contributed by atoms with Crippen LogP contribution in [0.3, 0.4) is 0 Å². The molecule has 0 aliphatic carbocycles. The van der Waals surface area contributed by atoms with Crippen molar-refractivity contribution in [3.8, 4) is 11.5 Å². The Balaban J connectivity index is 2.35. The fraction of sp³-hybridized carbons (Fsp3) is 0. The number of diazo groups is 1. The molecule has 3 nitrogen and oxygen atoms in total. The Bertz CT molecular complexity index is 549. The summed E-state index contributed by atoms with van der Waals surface area (Å²) in [5, 5.41) is 8.80. The lowest BCUT2D eigenvalue weighted by Crippen LogP contribution is -1.84. The molecule has 0 saturated carbocycles. The lowest BCUT2D eigenvalue weighted by Gasteiger charge is -2.04. The zero-order valence-electron chi connectivity index (χ0n) is 8.30. The molecule has 0 radical (unpaired) electrons. The molecule has 0 heterocycles. The molecule has 0 fully saturated rings. The van der Waals surface area contributed by atoms with Crippen molar-refractivity contribution in [1.82, 2.24) is 0 Å². The van der Waals surface area contributed by atoms with Gasteiger partial charge < -0.3 is 4.74 Å². The molecule has 0 atom stereocenters. The molecular formula is C12H8BrN2O+. The lowest BCUT2D eigenvalue weighted by molar-refractivity contribution is 0.482. The molecule has 4 heteroatoms. The molecule has 0 amide bonds. The van der Waals surface area contributed by atoms with E-state index in [2.05, 4.69) is 20.9 Å². The average Bonchev–Trinajstić information content (AvgIpc) is 2.33. The van der Waals surface area contributed by atoms with Gasteiger partial charge in [0.05, 0.1) is 4.47 Å². The largest absolute Gasteiger partial charge is 0.448 e. The first-order valence-electron chi connectivity index (χ1n) is 4.68. The highest BCUT2D eigenvalue weighted by atomic mass is 79.9. The normalized spacial score (nSPS) is 9.50. The van der Waals surface area contributed by atoms with Gasteiger partial charge in [-0.2, -0.15) is 0 Å². The van der Waals surface area contributed by atoms with Crippen molar-refractivity contribution < 1.29 is 4.74 Å². The van der Waals surface area contributed by atoms with E-state index in [1.54, 1.807) is 18.2 Å². The zero-order chi connectivity index (χ0) is 11.4. The summed E-state index contributed by atoms with van der Waals surface area (Å²) in [6.45, 7) is 0. The number of benzene rings is 2. The summed E-state index contributed by atoms with van der Waals surface area (Å²) in [6.07, 6.45) is 0. The van der Waals surface area contributed by atoms with E-state index >= 15 is 0 Å². The number of rotatable bonds is 2. The first-order valence-corrected chi connectivity index (χ1v) is 5.47. The lowest BCUT2D eigenvalue weighted by atomic mass is 10.3. The molecular weight excluding hydrogens is 268 g/mol. The summed E-state index contributed by atoms with van der Waals surface area (Å²) in [6, 6.07) is 14.5. The summed E-state index contributed by atoms with van der Waals surface area (Å²) >= 11 is 3.38. The van der Waals surface area contributed by atoms with Gasteiger partial charge >= 0.3 is 5.69 Å². The van der Waals surface area contributed by atoms with Crippen LogP contribution in [-0.2, 0) is 0 Å². The third-order valence-corrected chi connectivity index (χ3v) is 2.68. The van der Waals surface area contributed by atoms with Crippen LogP contribution in [0.5, 0.6) is 11.5 Å². The Morgan fingerprint density at radius 2 is 1.56 bits per heavy atom. The second-order valence-electron chi connectivity index (χ2n) is 3.10. The molecule has 0 aromatic heterocycles. The third kappa shape index (κ3) is 2.20. The second-order valence-corrected chi connectivity index (χ2v) is 3.95. The minimum Gasteiger partial charge on any atom is -0.448 e. The fourth-order valence-corrected chi connectivity index (χ4v) is 1.64. The Morgan fingerprint density at radius 3 is 2.25 bits per heavy atom. The van der Waals surface area contributed by atoms with E-state index < -0.39 is 0 Å². The SMILES string of the molecule is N#[N+]c1ccccc1Oc1ccccc1Br. The number of para-hydroxylation sites is 2. The van der Waals surface area contributed by atoms with E-state index in [-0.39, 0.29) is 0 Å². The Hall–Kier alpha value is -1.86. The highest BCUT2D eigenvalue weighted by molar-refractivity contribution is 9.10. The van der Waals surface area contributed by atoms with Crippen LogP contribution < -0.4 is 4.74 Å². The molecule has 0 spiro atoms. The van der Waals surface area contributed by atoms with Crippen molar-refractivity contribution in [2.24, 2.45) is 0 Å². The molecule has 2 aromatic carbocycles. The Labute approximate surface area is 101 Å². The standard InChI is InChI=1S/C12H8BrN2O/c13-9-5-1-3-7-11(9)16-12-8-4-2-6-10(12)15-14/h1-8H/q+1. The van der Waals surface area contributed by atoms with Crippen molar-refractivity contribution in [3.05, 3.63) is 58.0 Å². The van der Waals surface area contributed by atoms with Crippen LogP contribution in [-0.4, -0.2) is 0 Å². The quantitative estimate of drug-likeness (QED) is 0.744. The van der Waals surface area contributed by atoms with Crippen molar-refractivity contribution in [1.29, 1.82) is 5.39 Å². The predicted octanol–water partition coefficient (Wildman–Crippen LogP) is 4.73. The van der Waals surface area contributed by atoms with Gasteiger partial charge in [-0.3, -0.25) is 0 Å². The molecule has 16 heavy (non-hydrogen) atoms. The van der Waals surface area contributed by atoms with Crippen LogP contribution in [0.4, 0.5) is 5.69 Å². The summed E-state index contributed by atoms with van der Waals surface area (Å²) < 4.78 is 6.48. The molecule has 2 rings (SSSR count). The van der Waals surface area contributed by atoms with Crippen LogP contribution in [0.1, 0.15) is 0 Å². The van der Waals surface area contributed by atoms with Gasteiger partial charge in [-0.15, -0.1) is 0 Å². The van der Waals surface area contributed by atoms with Gasteiger partial charge in [0.2, 0.25) is 11.1 Å². The van der Waals surface area contributed by atoms with Crippen LogP contribution in [0.15, 0.2) is 53.0 Å². The summed E-state index contributed by atoms with van der Waals surface area (Å²) in [5.41, 5.74) is 0.401. The van der Waals surface area contributed by atoms with Crippen LogP contribution in [0.2, 0.25) is 0 Å². The monoisotopic (exact) mass is 275 g/mol. The van der Waals surface area contributed by atoms with Gasteiger partial charge in [0.1, 0.15) is 5.75 Å². The van der Waals surface area contributed by atoms with Crippen molar-refractivity contribution >= 4 is 21.6 Å². The van der Waals surface area contributed by atoms with Crippen molar-refractivity contribution in [2.75, 3.05) is 0 Å². The van der Waals surface area contributed by atoms with E-state index in [4.69, 9.17) is 10.1 Å². The highest BCUT2D eigenvalue weighted by Crippen LogP contribution is 2.34. The molecule has 0 unspecified atom stereocenters. The smallest absolute Gasteiger partial charge is 0.426 e. The summed E-state index contributed by atoms with van der Waals surface area (Å²) in [7, 11) is 0. The van der Waals surface area contributed by atoms with Crippen molar-refractivity contribution in [3.63, 3.8) is 0 Å². The minimum absolute atomic E-state index is 0.401. The molecule has 0 aliphatic heterocycles. The number of halogens is 1. The van der Waals surface area contributed by atoms with E-state index in [9.17, 15) is 0 Å². The number of ether oxygens (including phenoxy) is 1. The van der Waals surface area contributed by atoms with Crippen molar-refractivity contribution in [2.45, 2.75) is 0 Å². The third-order valence-electron chi connectivity index (χ3n) is 2.03. The maximum absolute atomic E-state index is 8.80. The van der Waals surface area contributed by atoms with Gasteiger partial charge in [0, 0.05) is 6.07 Å². The summed E-state index contributed by atoms with van der Waals surface area (Å²) in [4.78, 5) is 3.16. The molecule has 0 saturated heterocycles. The van der Waals surface area contributed by atoms with Gasteiger partial charge in [-0.25, -0.2) is 0 Å². The van der Waals surface area contributed by atoms with E-state index in [0.717, 1.165) is 4.47 Å². The topological polar surface area (TPSA) is 37.4 Å². The molecule has 2 aromatic rings. The molecule has 78 valence electrons. The maximum Gasteiger partial charge on any atom is 0.426 e. The Kier molecular flexibility index (Phi) is 3.18. The maximum atomic E-state index is 8.80. The number of hydrogen-bond acceptors (Lipinski definition) is 2. The van der Waals surface area contributed by atoms with E-state index in [1.807, 2.05) is 30.3 Å². The number of nitrogens with zero attached hydrogens (tertiary/aromatic N) is 2. The fourth-order valence-electron chi connectivity index (χ4n) is 1.27. The van der Waals surface area contributed by atoms with E-state index in [0.29, 0.717) is 17.2 Å². The minimum atomic E-state index is 0.401. The first kappa shape index (κ1) is 10.7. The summed E-state index contributed by atoms with van der Waals surface area (Å²) in [5.74, 6) is 1.19. The van der Waals surface area contributed by atoms with Crippen LogP contribution in [0, 0.1) is 5.39 Å². The molecule has 0 bridgehead atoms. The van der Waals surface area contributed by atoms with Crippen LogP contribution in [0.25, 0.3) is 4.98 Å². The zero-order valence-corrected chi connectivity index (χ0v) is 9.89. The van der Waals surface area contributed by atoms with Gasteiger partial charge in [-0.05, 0) is 34.1 Å². The van der Waals surface area contributed by atoms with E-state index in [1.165, 1.54) is 0 Å². The van der Waals surface area contributed by atoms with Crippen LogP contribution >= 0.6 is 15.9 Å². The average molecular weight is 276 g/mol. The highest BCUT2D eigenvalue weighted by Gasteiger charge is 2.14.